The molecule has 0 atom stereocenters. The molecule has 1 saturated heterocycles. The van der Waals surface area contributed by atoms with Crippen LogP contribution in [0.3, 0.4) is 0 Å². The molecule has 0 saturated carbocycles. The van der Waals surface area contributed by atoms with Crippen molar-refractivity contribution in [3.63, 3.8) is 0 Å². The van der Waals surface area contributed by atoms with Crippen molar-refractivity contribution in [1.82, 2.24) is 9.80 Å². The summed E-state index contributed by atoms with van der Waals surface area (Å²) in [5, 5.41) is 9.29. The predicted molar refractivity (Wildman–Crippen MR) is 127 cm³/mol. The zero-order valence-electron chi connectivity index (χ0n) is 20.2. The number of aromatic carboxylic acids is 1. The normalized spacial score (nSPS) is 15.3. The molecule has 0 aromatic heterocycles. The van der Waals surface area contributed by atoms with Crippen LogP contribution in [-0.2, 0) is 0 Å². The van der Waals surface area contributed by atoms with E-state index in [1.54, 1.807) is 0 Å². The second kappa shape index (κ2) is 15.0. The van der Waals surface area contributed by atoms with Crippen LogP contribution >= 0.6 is 0 Å². The topological polar surface area (TPSA) is 71.5 Å². The molecule has 2 rings (SSSR count). The van der Waals surface area contributed by atoms with Crippen molar-refractivity contribution in [3.05, 3.63) is 17.7 Å². The molecular formula is C25H42N2O5. The van der Waals surface area contributed by atoms with E-state index in [0.717, 1.165) is 12.8 Å². The molecule has 1 aromatic rings. The van der Waals surface area contributed by atoms with E-state index in [4.69, 9.17) is 14.2 Å². The number of unbranched alkanes of at least 4 members (excludes halogenated alkanes) is 5. The fraction of sp³-hybridized carbons (Fsp3) is 0.720. The second-order valence-corrected chi connectivity index (χ2v) is 8.52. The van der Waals surface area contributed by atoms with Gasteiger partial charge in [-0.2, -0.15) is 0 Å². The van der Waals surface area contributed by atoms with Gasteiger partial charge in [-0.1, -0.05) is 32.6 Å². The number of hydrogen-bond donors (Lipinski definition) is 1. The summed E-state index contributed by atoms with van der Waals surface area (Å²) >= 11 is 0. The van der Waals surface area contributed by atoms with Crippen molar-refractivity contribution >= 4 is 5.97 Å². The molecule has 0 aliphatic carbocycles. The van der Waals surface area contributed by atoms with Gasteiger partial charge in [-0.25, -0.2) is 4.79 Å². The molecule has 0 amide bonds. The largest absolute Gasteiger partial charge is 0.493 e. The minimum Gasteiger partial charge on any atom is -0.493 e. The third-order valence-electron chi connectivity index (χ3n) is 6.08. The molecule has 0 unspecified atom stereocenters. The number of benzene rings is 1. The van der Waals surface area contributed by atoms with Gasteiger partial charge in [-0.05, 0) is 64.0 Å². The lowest BCUT2D eigenvalue weighted by Gasteiger charge is -2.21. The number of rotatable bonds is 15. The first-order valence-corrected chi connectivity index (χ1v) is 12.2. The van der Waals surface area contributed by atoms with Crippen LogP contribution in [0, 0.1) is 0 Å². The molecule has 182 valence electrons. The van der Waals surface area contributed by atoms with Crippen LogP contribution in [0.4, 0.5) is 0 Å². The van der Waals surface area contributed by atoms with Crippen LogP contribution in [-0.4, -0.2) is 81.0 Å². The third kappa shape index (κ3) is 8.87. The standard InChI is InChI=1S/C25H42N2O5/c1-4-5-8-12-26-14-11-15-27(17-16-26)13-9-6-7-10-18-32-23-20-21(25(28)29)19-22(30-2)24(23)31-3/h19-20H,4-18H2,1-3H3,(H,28,29). The molecule has 7 nitrogen and oxygen atoms in total. The highest BCUT2D eigenvalue weighted by molar-refractivity contribution is 5.89. The zero-order valence-corrected chi connectivity index (χ0v) is 20.2. The Bertz CT molecular complexity index is 683. The number of methoxy groups -OCH3 is 2. The molecule has 1 aliphatic rings. The molecule has 0 spiro atoms. The molecule has 7 heteroatoms. The Kier molecular flexibility index (Phi) is 12.3. The summed E-state index contributed by atoms with van der Waals surface area (Å²) in [7, 11) is 3.01. The predicted octanol–water partition coefficient (Wildman–Crippen LogP) is 4.54. The van der Waals surface area contributed by atoms with Crippen molar-refractivity contribution in [3.8, 4) is 17.2 Å². The zero-order chi connectivity index (χ0) is 23.2. The molecular weight excluding hydrogens is 408 g/mol. The number of carboxylic acids is 1. The smallest absolute Gasteiger partial charge is 0.335 e. The van der Waals surface area contributed by atoms with E-state index in [9.17, 15) is 9.90 Å². The van der Waals surface area contributed by atoms with Crippen LogP contribution < -0.4 is 14.2 Å². The number of carbonyl (C=O) groups is 1. The maximum absolute atomic E-state index is 11.3. The van der Waals surface area contributed by atoms with Gasteiger partial charge < -0.3 is 29.1 Å². The Labute approximate surface area is 193 Å². The lowest BCUT2D eigenvalue weighted by molar-refractivity contribution is 0.0695. The summed E-state index contributed by atoms with van der Waals surface area (Å²) in [6.45, 7) is 10.1. The fourth-order valence-corrected chi connectivity index (χ4v) is 4.19. The van der Waals surface area contributed by atoms with Gasteiger partial charge in [-0.3, -0.25) is 0 Å². The van der Waals surface area contributed by atoms with Crippen LogP contribution in [0.2, 0.25) is 0 Å². The van der Waals surface area contributed by atoms with Gasteiger partial charge >= 0.3 is 5.97 Å². The summed E-state index contributed by atoms with van der Waals surface area (Å²) in [6.07, 6.45) is 9.65. The van der Waals surface area contributed by atoms with Gasteiger partial charge in [0.2, 0.25) is 5.75 Å². The number of nitrogens with zero attached hydrogens (tertiary/aromatic N) is 2. The molecule has 1 N–H and O–H groups in total. The summed E-state index contributed by atoms with van der Waals surface area (Å²) in [5.74, 6) is 0.192. The van der Waals surface area contributed by atoms with Gasteiger partial charge in [0.05, 0.1) is 26.4 Å². The number of ether oxygens (including phenoxy) is 3. The molecule has 1 aromatic carbocycles. The first-order valence-electron chi connectivity index (χ1n) is 12.2. The van der Waals surface area contributed by atoms with E-state index < -0.39 is 5.97 Å². The SMILES string of the molecule is CCCCCN1CCCN(CCCCCCOc2cc(C(=O)O)cc(OC)c2OC)CC1. The molecule has 0 bridgehead atoms. The second-order valence-electron chi connectivity index (χ2n) is 8.52. The van der Waals surface area contributed by atoms with Gasteiger partial charge in [0.25, 0.3) is 0 Å². The molecule has 1 heterocycles. The van der Waals surface area contributed by atoms with Gasteiger partial charge in [0.1, 0.15) is 0 Å². The summed E-state index contributed by atoms with van der Waals surface area (Å²) in [5.41, 5.74) is 0.124. The Morgan fingerprint density at radius 3 is 2.09 bits per heavy atom. The van der Waals surface area contributed by atoms with Crippen molar-refractivity contribution in [2.45, 2.75) is 58.3 Å². The quantitative estimate of drug-likeness (QED) is 0.393. The van der Waals surface area contributed by atoms with Gasteiger partial charge in [0, 0.05) is 13.1 Å². The van der Waals surface area contributed by atoms with Crippen molar-refractivity contribution in [1.29, 1.82) is 0 Å². The number of hydrogen-bond acceptors (Lipinski definition) is 6. The minimum atomic E-state index is -1.02. The maximum Gasteiger partial charge on any atom is 0.335 e. The van der Waals surface area contributed by atoms with Crippen molar-refractivity contribution in [2.75, 3.05) is 60.1 Å². The Hall–Kier alpha value is -1.99. The van der Waals surface area contributed by atoms with E-state index in [-0.39, 0.29) is 5.56 Å². The average Bonchev–Trinajstić information content (AvgIpc) is 3.03. The molecule has 1 fully saturated rings. The van der Waals surface area contributed by atoms with Gasteiger partial charge in [-0.15, -0.1) is 0 Å². The number of carboxylic acid groups (broad SMARTS) is 1. The van der Waals surface area contributed by atoms with E-state index in [1.807, 2.05) is 0 Å². The van der Waals surface area contributed by atoms with E-state index in [2.05, 4.69) is 16.7 Å². The first kappa shape index (κ1) is 26.3. The molecule has 0 radical (unpaired) electrons. The maximum atomic E-state index is 11.3. The van der Waals surface area contributed by atoms with Crippen LogP contribution in [0.5, 0.6) is 17.2 Å². The molecule has 1 aliphatic heterocycles. The summed E-state index contributed by atoms with van der Waals surface area (Å²) in [4.78, 5) is 16.6. The summed E-state index contributed by atoms with van der Waals surface area (Å²) in [6, 6.07) is 2.94. The molecule has 32 heavy (non-hydrogen) atoms. The van der Waals surface area contributed by atoms with E-state index >= 15 is 0 Å². The highest BCUT2D eigenvalue weighted by Gasteiger charge is 2.17. The highest BCUT2D eigenvalue weighted by atomic mass is 16.5. The van der Waals surface area contributed by atoms with E-state index in [0.29, 0.717) is 23.9 Å². The Morgan fingerprint density at radius 1 is 0.875 bits per heavy atom. The fourth-order valence-electron chi connectivity index (χ4n) is 4.19. The highest BCUT2D eigenvalue weighted by Crippen LogP contribution is 2.38. The lowest BCUT2D eigenvalue weighted by atomic mass is 10.1. The minimum absolute atomic E-state index is 0.124. The van der Waals surface area contributed by atoms with Gasteiger partial charge in [0.15, 0.2) is 11.5 Å². The Balaban J connectivity index is 1.64. The van der Waals surface area contributed by atoms with E-state index in [1.165, 1.54) is 104 Å². The Morgan fingerprint density at radius 2 is 1.50 bits per heavy atom. The third-order valence-corrected chi connectivity index (χ3v) is 6.08. The van der Waals surface area contributed by atoms with Crippen LogP contribution in [0.1, 0.15) is 68.6 Å². The van der Waals surface area contributed by atoms with Crippen LogP contribution in [0.15, 0.2) is 12.1 Å². The summed E-state index contributed by atoms with van der Waals surface area (Å²) < 4.78 is 16.4. The average molecular weight is 451 g/mol. The van der Waals surface area contributed by atoms with Crippen molar-refractivity contribution < 1.29 is 24.1 Å². The van der Waals surface area contributed by atoms with Crippen LogP contribution in [0.25, 0.3) is 0 Å². The lowest BCUT2D eigenvalue weighted by Crippen LogP contribution is -2.32. The van der Waals surface area contributed by atoms with Crippen molar-refractivity contribution in [2.24, 2.45) is 0 Å². The first-order chi connectivity index (χ1) is 15.6. The monoisotopic (exact) mass is 450 g/mol.